The van der Waals surface area contributed by atoms with Gasteiger partial charge in [-0.2, -0.15) is 5.26 Å². The average molecular weight is 323 g/mol. The summed E-state index contributed by atoms with van der Waals surface area (Å²) in [5, 5.41) is 12.2. The highest BCUT2D eigenvalue weighted by molar-refractivity contribution is 5.45. The number of hydrogen-bond acceptors (Lipinski definition) is 5. The first-order valence-electron chi connectivity index (χ1n) is 8.23. The van der Waals surface area contributed by atoms with Gasteiger partial charge < -0.3 is 14.8 Å². The van der Waals surface area contributed by atoms with Crippen molar-refractivity contribution < 1.29 is 9.47 Å². The Morgan fingerprint density at radius 1 is 1.25 bits per heavy atom. The minimum absolute atomic E-state index is 0.288. The number of ether oxygens (including phenoxy) is 2. The second-order valence-corrected chi connectivity index (χ2v) is 5.87. The summed E-state index contributed by atoms with van der Waals surface area (Å²) in [6.07, 6.45) is 4.96. The van der Waals surface area contributed by atoms with Crippen LogP contribution in [0.2, 0.25) is 0 Å². The summed E-state index contributed by atoms with van der Waals surface area (Å²) in [7, 11) is 1.66. The van der Waals surface area contributed by atoms with E-state index in [4.69, 9.17) is 14.7 Å². The first-order valence-corrected chi connectivity index (χ1v) is 8.23. The van der Waals surface area contributed by atoms with Crippen LogP contribution in [0.5, 0.6) is 11.5 Å². The van der Waals surface area contributed by atoms with Crippen molar-refractivity contribution in [1.29, 1.82) is 5.26 Å². The Morgan fingerprint density at radius 3 is 2.83 bits per heavy atom. The molecule has 0 bridgehead atoms. The van der Waals surface area contributed by atoms with Crippen LogP contribution in [-0.4, -0.2) is 18.2 Å². The van der Waals surface area contributed by atoms with Gasteiger partial charge in [0, 0.05) is 18.2 Å². The fourth-order valence-corrected chi connectivity index (χ4v) is 2.88. The van der Waals surface area contributed by atoms with Crippen molar-refractivity contribution in [2.24, 2.45) is 0 Å². The fraction of sp³-hybridized carbons (Fsp3) is 0.368. The van der Waals surface area contributed by atoms with Crippen molar-refractivity contribution in [3.8, 4) is 17.6 Å². The standard InChI is InChI=1S/C19H21N3O2/c1-23-17-10-9-14(18(11-17)24-16-6-2-3-7-16)13-21-19-8-4-5-15(12-20)22-19/h4-5,8-11,16H,2-3,6-7,13H2,1H3,(H,21,22). The number of hydrogen-bond donors (Lipinski definition) is 1. The molecular weight excluding hydrogens is 302 g/mol. The average Bonchev–Trinajstić information content (AvgIpc) is 3.13. The minimum atomic E-state index is 0.288. The highest BCUT2D eigenvalue weighted by atomic mass is 16.5. The van der Waals surface area contributed by atoms with Crippen LogP contribution in [0.25, 0.3) is 0 Å². The van der Waals surface area contributed by atoms with Gasteiger partial charge in [-0.25, -0.2) is 4.98 Å². The summed E-state index contributed by atoms with van der Waals surface area (Å²) >= 11 is 0. The van der Waals surface area contributed by atoms with E-state index < -0.39 is 0 Å². The molecule has 5 nitrogen and oxygen atoms in total. The van der Waals surface area contributed by atoms with Gasteiger partial charge in [0.25, 0.3) is 0 Å². The lowest BCUT2D eigenvalue weighted by Gasteiger charge is -2.18. The van der Waals surface area contributed by atoms with Crippen LogP contribution in [0, 0.1) is 11.3 Å². The van der Waals surface area contributed by atoms with E-state index in [-0.39, 0.29) is 6.10 Å². The molecule has 1 heterocycles. The second-order valence-electron chi connectivity index (χ2n) is 5.87. The maximum atomic E-state index is 8.93. The predicted octanol–water partition coefficient (Wildman–Crippen LogP) is 3.90. The molecule has 0 amide bonds. The lowest BCUT2D eigenvalue weighted by molar-refractivity contribution is 0.207. The van der Waals surface area contributed by atoms with Gasteiger partial charge in [0.2, 0.25) is 0 Å². The Hall–Kier alpha value is -2.74. The summed E-state index contributed by atoms with van der Waals surface area (Å²) in [6.45, 7) is 0.577. The van der Waals surface area contributed by atoms with Crippen LogP contribution in [0.15, 0.2) is 36.4 Å². The normalized spacial score (nSPS) is 14.2. The van der Waals surface area contributed by atoms with Gasteiger partial charge in [0.05, 0.1) is 13.2 Å². The molecule has 1 saturated carbocycles. The summed E-state index contributed by atoms with van der Waals surface area (Å²) in [6, 6.07) is 13.3. The van der Waals surface area contributed by atoms with Crippen molar-refractivity contribution in [3.63, 3.8) is 0 Å². The van der Waals surface area contributed by atoms with E-state index in [1.54, 1.807) is 13.2 Å². The lowest BCUT2D eigenvalue weighted by Crippen LogP contribution is -2.13. The smallest absolute Gasteiger partial charge is 0.142 e. The van der Waals surface area contributed by atoms with Gasteiger partial charge in [0.15, 0.2) is 0 Å². The Morgan fingerprint density at radius 2 is 2.08 bits per heavy atom. The number of rotatable bonds is 6. The molecule has 0 spiro atoms. The molecule has 0 radical (unpaired) electrons. The lowest BCUT2D eigenvalue weighted by atomic mass is 10.1. The number of anilines is 1. The van der Waals surface area contributed by atoms with E-state index in [0.717, 1.165) is 29.9 Å². The zero-order valence-corrected chi connectivity index (χ0v) is 13.8. The van der Waals surface area contributed by atoms with Crippen LogP contribution in [0.3, 0.4) is 0 Å². The predicted molar refractivity (Wildman–Crippen MR) is 92.2 cm³/mol. The SMILES string of the molecule is COc1ccc(CNc2cccc(C#N)n2)c(OC2CCCC2)c1. The minimum Gasteiger partial charge on any atom is -0.497 e. The molecule has 1 fully saturated rings. The number of nitriles is 1. The van der Waals surface area contributed by atoms with Gasteiger partial charge in [-0.15, -0.1) is 0 Å². The molecule has 0 atom stereocenters. The number of methoxy groups -OCH3 is 1. The molecule has 0 unspecified atom stereocenters. The van der Waals surface area contributed by atoms with Gasteiger partial charge >= 0.3 is 0 Å². The third-order valence-corrected chi connectivity index (χ3v) is 4.19. The van der Waals surface area contributed by atoms with E-state index in [9.17, 15) is 0 Å². The number of benzene rings is 1. The quantitative estimate of drug-likeness (QED) is 0.873. The van der Waals surface area contributed by atoms with Gasteiger partial charge in [-0.05, 0) is 49.9 Å². The molecule has 0 saturated heterocycles. The van der Waals surface area contributed by atoms with Crippen LogP contribution >= 0.6 is 0 Å². The van der Waals surface area contributed by atoms with E-state index in [1.807, 2.05) is 36.4 Å². The summed E-state index contributed by atoms with van der Waals surface area (Å²) < 4.78 is 11.5. The zero-order valence-electron chi connectivity index (χ0n) is 13.8. The number of aromatic nitrogens is 1. The molecule has 1 N–H and O–H groups in total. The Kier molecular flexibility index (Phi) is 5.17. The Labute approximate surface area is 142 Å². The van der Waals surface area contributed by atoms with Gasteiger partial charge in [-0.1, -0.05) is 6.07 Å². The Balaban J connectivity index is 1.74. The number of nitrogens with one attached hydrogen (secondary N) is 1. The van der Waals surface area contributed by atoms with E-state index in [1.165, 1.54) is 12.8 Å². The third kappa shape index (κ3) is 3.96. The molecule has 5 heteroatoms. The second kappa shape index (κ2) is 7.69. The molecule has 2 aromatic rings. The molecule has 0 aliphatic heterocycles. The summed E-state index contributed by atoms with van der Waals surface area (Å²) in [4.78, 5) is 4.24. The first-order chi connectivity index (χ1) is 11.8. The molecule has 1 aromatic carbocycles. The molecule has 24 heavy (non-hydrogen) atoms. The number of nitrogens with zero attached hydrogens (tertiary/aromatic N) is 2. The van der Waals surface area contributed by atoms with Crippen molar-refractivity contribution >= 4 is 5.82 Å². The maximum Gasteiger partial charge on any atom is 0.142 e. The molecular formula is C19H21N3O2. The topological polar surface area (TPSA) is 67.2 Å². The maximum absolute atomic E-state index is 8.93. The van der Waals surface area contributed by atoms with Gasteiger partial charge in [-0.3, -0.25) is 0 Å². The molecule has 1 aliphatic rings. The van der Waals surface area contributed by atoms with Gasteiger partial charge in [0.1, 0.15) is 29.1 Å². The molecule has 1 aliphatic carbocycles. The zero-order chi connectivity index (χ0) is 16.8. The molecule has 3 rings (SSSR count). The van der Waals surface area contributed by atoms with E-state index in [2.05, 4.69) is 10.3 Å². The summed E-state index contributed by atoms with van der Waals surface area (Å²) in [5.74, 6) is 2.32. The third-order valence-electron chi connectivity index (χ3n) is 4.19. The van der Waals surface area contributed by atoms with E-state index >= 15 is 0 Å². The number of pyridine rings is 1. The first kappa shape index (κ1) is 16.1. The van der Waals surface area contributed by atoms with E-state index in [0.29, 0.717) is 18.1 Å². The Bertz CT molecular complexity index is 734. The highest BCUT2D eigenvalue weighted by Crippen LogP contribution is 2.30. The van der Waals surface area contributed by atoms with Crippen LogP contribution in [0.4, 0.5) is 5.82 Å². The van der Waals surface area contributed by atoms with Crippen molar-refractivity contribution in [3.05, 3.63) is 47.7 Å². The van der Waals surface area contributed by atoms with Crippen molar-refractivity contribution in [2.75, 3.05) is 12.4 Å². The highest BCUT2D eigenvalue weighted by Gasteiger charge is 2.18. The molecule has 124 valence electrons. The monoisotopic (exact) mass is 323 g/mol. The van der Waals surface area contributed by atoms with Crippen LogP contribution in [0.1, 0.15) is 36.9 Å². The van der Waals surface area contributed by atoms with Crippen LogP contribution < -0.4 is 14.8 Å². The van der Waals surface area contributed by atoms with Crippen molar-refractivity contribution in [2.45, 2.75) is 38.3 Å². The van der Waals surface area contributed by atoms with Crippen molar-refractivity contribution in [1.82, 2.24) is 4.98 Å². The largest absolute Gasteiger partial charge is 0.497 e. The van der Waals surface area contributed by atoms with Crippen LogP contribution in [-0.2, 0) is 6.54 Å². The molecule has 1 aromatic heterocycles. The fourth-order valence-electron chi connectivity index (χ4n) is 2.88. The summed E-state index contributed by atoms with van der Waals surface area (Å²) in [5.41, 5.74) is 1.45.